The van der Waals surface area contributed by atoms with Gasteiger partial charge in [0.05, 0.1) is 56.3 Å². The van der Waals surface area contributed by atoms with Crippen molar-refractivity contribution in [3.63, 3.8) is 0 Å². The van der Waals surface area contributed by atoms with Gasteiger partial charge in [-0.1, -0.05) is 53.2 Å². The van der Waals surface area contributed by atoms with Gasteiger partial charge in [0.1, 0.15) is 165 Å². The summed E-state index contributed by atoms with van der Waals surface area (Å²) < 4.78 is 109. The van der Waals surface area contributed by atoms with Crippen LogP contribution >= 0.6 is 0 Å². The smallest absolute Gasteiger partial charge is 0.335 e. The quantitative estimate of drug-likeness (QED) is 0.0157. The van der Waals surface area contributed by atoms with Gasteiger partial charge in [0.25, 0.3) is 0 Å². The Morgan fingerprint density at radius 3 is 1.55 bits per heavy atom. The lowest BCUT2D eigenvalue weighted by atomic mass is 9.33. The highest BCUT2D eigenvalue weighted by molar-refractivity contribution is 5.80. The summed E-state index contributed by atoms with van der Waals surface area (Å²) in [6.07, 6.45) is -67.7. The number of carbonyl (C=O) groups excluding carboxylic acids is 4. The SMILES string of the molecule is CC(=O)OC[C@H]1O[C@@H](O[C@@H]2[C@@H](OC(C)=O)[C@H](C)O[C@@H](OC(=O)[C@]34CCC(C)(C)C[C@H]3C3=CC[C@@H]5[C@@]6(C)CC[C@H](O[C@@H]7O[C@H](C(=O)O)[C@@H](O)[C@H](O)[C@H]7O[C@@H]7O[C@H](CO)[C@H](O)[C@H](O)[C@H]7O)[C@@](C)(C=O)[C@@H]6CC[C@@]5(C)[C@]3(C)C[C@H]4O)[C@@H]2O[C@@H]2O[C@@H](C)[C@H](O[C@@H]3OC[C@@H](O)[C@H](O)[C@H]3O[C@@H]3OC[C@H](O)[C@H](O)[C@H]3O[C@@H]3OC[C@H](O)[C@H](O)[C@H]3O)[C@@H](O)[C@H]2O)[C@H](O)[C@@H](O)[C@@H]1O. The molecule has 4 saturated carbocycles. The van der Waals surface area contributed by atoms with Crippen LogP contribution in [0, 0.1) is 50.2 Å². The predicted molar refractivity (Wildman–Crippen MR) is 394 cm³/mol. The van der Waals surface area contributed by atoms with Crippen LogP contribution in [0.5, 0.6) is 0 Å². The maximum absolute atomic E-state index is 16.5. The molecule has 0 amide bonds. The molecule has 47 atom stereocenters. The number of carboxylic acids is 1. The zero-order chi connectivity index (χ0) is 89.2. The number of hydrogen-bond acceptors (Lipinski definition) is 42. The van der Waals surface area contributed by atoms with Crippen LogP contribution in [-0.4, -0.2) is 405 Å². The first-order chi connectivity index (χ1) is 57.2. The van der Waals surface area contributed by atoms with Crippen molar-refractivity contribution in [2.75, 3.05) is 33.0 Å². The van der Waals surface area contributed by atoms with Crippen LogP contribution in [0.1, 0.15) is 127 Å². The van der Waals surface area contributed by atoms with Gasteiger partial charge in [-0.3, -0.25) is 14.4 Å². The van der Waals surface area contributed by atoms with Crippen LogP contribution in [-0.2, 0) is 109 Å². The Hall–Kier alpha value is -4.07. The van der Waals surface area contributed by atoms with E-state index in [2.05, 4.69) is 26.8 Å². The number of aliphatic carboxylic acids is 1. The van der Waals surface area contributed by atoms with Gasteiger partial charge in [-0.15, -0.1) is 0 Å². The topological polar surface area (TPSA) is 656 Å². The Balaban J connectivity index is 0.791. The lowest BCUT2D eigenvalue weighted by Crippen LogP contribution is -2.69. The first-order valence-corrected chi connectivity index (χ1v) is 41.7. The Bertz CT molecular complexity index is 3670. The number of rotatable bonds is 22. The molecule has 0 unspecified atom stereocenters. The summed E-state index contributed by atoms with van der Waals surface area (Å²) >= 11 is 0. The molecular weight excluding hydrogens is 1640 g/mol. The first-order valence-electron chi connectivity index (χ1n) is 41.7. The molecule has 13 rings (SSSR count). The van der Waals surface area contributed by atoms with E-state index in [1.165, 1.54) is 13.8 Å². The fraction of sp³-hybridized carbons (Fsp3) is 0.911. The molecule has 43 heteroatoms. The molecule has 0 bridgehead atoms. The second-order valence-corrected chi connectivity index (χ2v) is 37.1. The lowest BCUT2D eigenvalue weighted by molar-refractivity contribution is -0.398. The number of hydrogen-bond donors (Lipinski definition) is 20. The number of aliphatic hydroxyl groups is 19. The number of ether oxygens (including phenoxy) is 18. The average Bonchev–Trinajstić information content (AvgIpc) is 0.668. The molecule has 5 aliphatic carbocycles. The minimum absolute atomic E-state index is 0.000856. The molecule has 8 saturated heterocycles. The van der Waals surface area contributed by atoms with Gasteiger partial charge < -0.3 is 192 Å². The van der Waals surface area contributed by atoms with E-state index >= 15 is 4.79 Å². The van der Waals surface area contributed by atoms with E-state index in [-0.39, 0.29) is 25.2 Å². The fourth-order valence-electron chi connectivity index (χ4n) is 21.9. The molecule has 8 aliphatic heterocycles. The zero-order valence-electron chi connectivity index (χ0n) is 69.1. The molecule has 12 fully saturated rings. The Kier molecular flexibility index (Phi) is 28.7. The Labute approximate surface area is 700 Å². The first kappa shape index (κ1) is 95.5. The van der Waals surface area contributed by atoms with E-state index in [9.17, 15) is 121 Å². The predicted octanol–water partition coefficient (Wildman–Crippen LogP) is -7.38. The third-order valence-electron chi connectivity index (χ3n) is 29.1. The number of allylic oxidation sites excluding steroid dienone is 2. The van der Waals surface area contributed by atoms with E-state index < -0.39 is 341 Å². The van der Waals surface area contributed by atoms with Crippen molar-refractivity contribution < 1.29 is 211 Å². The standard InChI is InChI=1S/C79H122O43/c1-27-56(115-69-60(44(90)35(86)23-107-69)119-70-59(43(89)34(85)24-108-70)117-65-52(98)42(88)33(84)22-106-65)51(97)55(101)66(109-27)121-63-62(120-68-54(100)48(94)46(92)37(113-68)25-105-29(3)82)57(111-30(4)83)28(2)110-72(63)122-73(104)79-18-17-74(5,6)19-32(79)31-11-12-39-75(7)15-14-41(76(8,26-81)38(75)13-16-77(39,9)78(31,10)20-40(79)87)114-71-61(50(96)49(95)58(116-71)64(102)103)118-67-53(99)47(93)45(91)36(21-80)112-67/h11,26-28,32-63,65-72,80,84-101H,12-25H2,1-10H3,(H,102,103)/t27-,28-,32-,33-,34-,35+,36+,37+,38+,39+,40+,41-,42-,43-,44-,45-,46+,47-,48-,49-,50-,51-,52+,53+,54+,55+,56-,57-,58-,59+,60+,61+,62+,63+,65-,66-,67-,68-,69-,70-,71+,72-,75-,76-,77+,78+,79+/m0/s1. The maximum atomic E-state index is 16.5. The largest absolute Gasteiger partial charge is 0.479 e. The molecule has 0 aromatic rings. The summed E-state index contributed by atoms with van der Waals surface area (Å²) in [6, 6.07) is 0. The summed E-state index contributed by atoms with van der Waals surface area (Å²) in [4.78, 5) is 68.7. The van der Waals surface area contributed by atoms with Crippen molar-refractivity contribution in [2.45, 2.75) is 367 Å². The van der Waals surface area contributed by atoms with E-state index in [4.69, 9.17) is 85.3 Å². The molecule has 13 aliphatic rings. The highest BCUT2D eigenvalue weighted by atomic mass is 16.8. The van der Waals surface area contributed by atoms with Gasteiger partial charge in [-0.2, -0.15) is 0 Å². The highest BCUT2D eigenvalue weighted by Gasteiger charge is 2.74. The van der Waals surface area contributed by atoms with Gasteiger partial charge >= 0.3 is 23.9 Å². The number of esters is 3. The van der Waals surface area contributed by atoms with Gasteiger partial charge in [0, 0.05) is 13.8 Å². The van der Waals surface area contributed by atoms with E-state index in [0.29, 0.717) is 38.5 Å². The molecule has 696 valence electrons. The van der Waals surface area contributed by atoms with Crippen molar-refractivity contribution in [3.05, 3.63) is 11.6 Å². The second kappa shape index (κ2) is 36.7. The molecular formula is C79H122O43. The maximum Gasteiger partial charge on any atom is 0.335 e. The molecule has 8 heterocycles. The molecule has 0 aromatic carbocycles. The summed E-state index contributed by atoms with van der Waals surface area (Å²) in [7, 11) is 0. The van der Waals surface area contributed by atoms with Gasteiger partial charge in [-0.25, -0.2) is 4.79 Å². The van der Waals surface area contributed by atoms with Crippen molar-refractivity contribution in [1.82, 2.24) is 0 Å². The van der Waals surface area contributed by atoms with Gasteiger partial charge in [-0.05, 0) is 111 Å². The summed E-state index contributed by atoms with van der Waals surface area (Å²) in [6.45, 7) is 13.4. The number of aldehydes is 1. The fourth-order valence-corrected chi connectivity index (χ4v) is 21.9. The van der Waals surface area contributed by atoms with Crippen LogP contribution < -0.4 is 0 Å². The third kappa shape index (κ3) is 17.3. The third-order valence-corrected chi connectivity index (χ3v) is 29.1. The van der Waals surface area contributed by atoms with Crippen LogP contribution in [0.4, 0.5) is 0 Å². The normalized spacial score (nSPS) is 52.7. The van der Waals surface area contributed by atoms with Crippen molar-refractivity contribution in [1.29, 1.82) is 0 Å². The minimum atomic E-state index is -2.29. The zero-order valence-corrected chi connectivity index (χ0v) is 69.1. The van der Waals surface area contributed by atoms with E-state index in [1.54, 1.807) is 6.92 Å². The molecule has 122 heavy (non-hydrogen) atoms. The lowest BCUT2D eigenvalue weighted by Gasteiger charge is -2.71. The number of carboxylic acid groups (broad SMARTS) is 1. The summed E-state index contributed by atoms with van der Waals surface area (Å²) in [5.74, 6) is -6.15. The molecule has 43 nitrogen and oxygen atoms in total. The van der Waals surface area contributed by atoms with Crippen LogP contribution in [0.3, 0.4) is 0 Å². The number of carbonyl (C=O) groups is 5. The Morgan fingerprint density at radius 2 is 0.959 bits per heavy atom. The van der Waals surface area contributed by atoms with Crippen LogP contribution in [0.2, 0.25) is 0 Å². The molecule has 0 radical (unpaired) electrons. The van der Waals surface area contributed by atoms with Gasteiger partial charge in [0.2, 0.25) is 6.29 Å². The van der Waals surface area contributed by atoms with Crippen molar-refractivity contribution >= 4 is 30.2 Å². The molecule has 0 spiro atoms. The number of fused-ring (bicyclic) bond motifs is 7. The summed E-state index contributed by atoms with van der Waals surface area (Å²) in [5, 5.41) is 223. The van der Waals surface area contributed by atoms with Crippen molar-refractivity contribution in [2.24, 2.45) is 50.2 Å². The van der Waals surface area contributed by atoms with Crippen LogP contribution in [0.15, 0.2) is 11.6 Å². The molecule has 0 aromatic heterocycles. The minimum Gasteiger partial charge on any atom is -0.479 e. The van der Waals surface area contributed by atoms with Gasteiger partial charge in [0.15, 0.2) is 62.3 Å². The highest BCUT2D eigenvalue weighted by Crippen LogP contribution is 2.76. The van der Waals surface area contributed by atoms with Crippen LogP contribution in [0.25, 0.3) is 0 Å². The van der Waals surface area contributed by atoms with E-state index in [0.717, 1.165) is 25.7 Å². The summed E-state index contributed by atoms with van der Waals surface area (Å²) in [5.41, 5.74) is -5.36. The van der Waals surface area contributed by atoms with E-state index in [1.807, 2.05) is 13.8 Å². The second-order valence-electron chi connectivity index (χ2n) is 37.1. The van der Waals surface area contributed by atoms with Crippen molar-refractivity contribution in [3.8, 4) is 0 Å². The Morgan fingerprint density at radius 1 is 0.459 bits per heavy atom. The number of aliphatic hydroxyl groups excluding tert-OH is 19. The average molecular weight is 1760 g/mol. The monoisotopic (exact) mass is 1760 g/mol. The molecule has 20 N–H and O–H groups in total.